The number of H-pyrrole nitrogens is 1. The number of aromatic nitrogens is 4. The maximum Gasteiger partial charge on any atom is 0.278 e. The predicted octanol–water partition coefficient (Wildman–Crippen LogP) is -0.246. The highest BCUT2D eigenvalue weighted by Gasteiger charge is 2.27. The third-order valence-corrected chi connectivity index (χ3v) is 2.64. The Labute approximate surface area is 85.1 Å². The minimum Gasteiger partial charge on any atom is -0.326 e. The molecule has 1 fully saturated rings. The molecule has 6 heteroatoms. The van der Waals surface area contributed by atoms with Crippen molar-refractivity contribution in [2.45, 2.75) is 25.3 Å². The Hall–Kier alpha value is -1.69. The minimum absolute atomic E-state index is 0.151. The van der Waals surface area contributed by atoms with Gasteiger partial charge < -0.3 is 5.73 Å². The van der Waals surface area contributed by atoms with Gasteiger partial charge in [0.1, 0.15) is 5.82 Å². The fraction of sp³-hybridized carbons (Fsp3) is 0.444. The van der Waals surface area contributed by atoms with Crippen LogP contribution in [0.5, 0.6) is 0 Å². The van der Waals surface area contributed by atoms with E-state index in [1.807, 2.05) is 0 Å². The van der Waals surface area contributed by atoms with Crippen molar-refractivity contribution in [2.75, 3.05) is 0 Å². The van der Waals surface area contributed by atoms with E-state index in [9.17, 15) is 4.79 Å². The molecule has 0 radical (unpaired) electrons. The van der Waals surface area contributed by atoms with Gasteiger partial charge in [-0.3, -0.25) is 9.89 Å². The van der Waals surface area contributed by atoms with Gasteiger partial charge in [0.2, 0.25) is 0 Å². The molecule has 0 spiro atoms. The Morgan fingerprint density at radius 1 is 1.60 bits per heavy atom. The van der Waals surface area contributed by atoms with E-state index in [-0.39, 0.29) is 12.1 Å². The second-order valence-corrected chi connectivity index (χ2v) is 3.81. The lowest BCUT2D eigenvalue weighted by atomic mass is 10.3. The van der Waals surface area contributed by atoms with E-state index < -0.39 is 0 Å². The van der Waals surface area contributed by atoms with Crippen molar-refractivity contribution in [3.05, 3.63) is 27.9 Å². The molecule has 0 bridgehead atoms. The lowest BCUT2D eigenvalue weighted by molar-refractivity contribution is 0.827. The molecular formula is C9H11N5O. The molecule has 1 aliphatic rings. The lowest BCUT2D eigenvalue weighted by Crippen LogP contribution is -2.21. The highest BCUT2D eigenvalue weighted by atomic mass is 16.1. The first-order valence-electron chi connectivity index (χ1n) is 4.96. The molecule has 0 aliphatic heterocycles. The summed E-state index contributed by atoms with van der Waals surface area (Å²) in [4.78, 5) is 20.1. The van der Waals surface area contributed by atoms with Gasteiger partial charge in [-0.1, -0.05) is 0 Å². The van der Waals surface area contributed by atoms with Crippen LogP contribution in [0, 0.1) is 0 Å². The van der Waals surface area contributed by atoms with E-state index in [1.165, 1.54) is 10.7 Å². The summed E-state index contributed by atoms with van der Waals surface area (Å²) in [5.41, 5.74) is 5.78. The van der Waals surface area contributed by atoms with Crippen LogP contribution in [-0.2, 0) is 6.54 Å². The molecule has 15 heavy (non-hydrogen) atoms. The van der Waals surface area contributed by atoms with Gasteiger partial charge >= 0.3 is 0 Å². The van der Waals surface area contributed by atoms with E-state index >= 15 is 0 Å². The van der Waals surface area contributed by atoms with Crippen molar-refractivity contribution in [3.63, 3.8) is 0 Å². The van der Waals surface area contributed by atoms with Crippen LogP contribution in [-0.4, -0.2) is 19.6 Å². The van der Waals surface area contributed by atoms with E-state index in [0.717, 1.165) is 18.7 Å². The van der Waals surface area contributed by atoms with Crippen LogP contribution >= 0.6 is 0 Å². The molecule has 0 aromatic carbocycles. The zero-order chi connectivity index (χ0) is 10.4. The number of nitrogens with one attached hydrogen (secondary N) is 1. The standard InChI is InChI=1S/C9H11N5O/c10-3-6-4-11-9-12-7(5-1-2-5)13-14(9)8(6)15/h4-5H,1-3,10H2,(H,11,12,13). The highest BCUT2D eigenvalue weighted by Crippen LogP contribution is 2.37. The number of hydrogen-bond donors (Lipinski definition) is 2. The topological polar surface area (TPSA) is 89.1 Å². The first-order chi connectivity index (χ1) is 7.29. The van der Waals surface area contributed by atoms with Crippen molar-refractivity contribution in [1.29, 1.82) is 0 Å². The van der Waals surface area contributed by atoms with Crippen molar-refractivity contribution in [1.82, 2.24) is 19.6 Å². The normalized spacial score (nSPS) is 16.1. The van der Waals surface area contributed by atoms with Crippen LogP contribution in [0.1, 0.15) is 30.1 Å². The van der Waals surface area contributed by atoms with Crippen LogP contribution < -0.4 is 11.3 Å². The maximum atomic E-state index is 11.8. The Morgan fingerprint density at radius 3 is 3.07 bits per heavy atom. The quantitative estimate of drug-likeness (QED) is 0.707. The minimum atomic E-state index is -0.151. The second kappa shape index (κ2) is 2.90. The molecule has 1 aliphatic carbocycles. The zero-order valence-corrected chi connectivity index (χ0v) is 8.10. The second-order valence-electron chi connectivity index (χ2n) is 3.81. The van der Waals surface area contributed by atoms with Crippen molar-refractivity contribution in [3.8, 4) is 0 Å². The van der Waals surface area contributed by atoms with Crippen LogP contribution in [0.2, 0.25) is 0 Å². The first-order valence-corrected chi connectivity index (χ1v) is 4.96. The first kappa shape index (κ1) is 8.60. The molecule has 0 unspecified atom stereocenters. The molecule has 0 atom stereocenters. The summed E-state index contributed by atoms with van der Waals surface area (Å²) in [5, 5.41) is 2.98. The number of rotatable bonds is 2. The average molecular weight is 205 g/mol. The number of hydrogen-bond acceptors (Lipinski definition) is 4. The summed E-state index contributed by atoms with van der Waals surface area (Å²) in [6.45, 7) is 0.201. The molecule has 0 saturated heterocycles. The largest absolute Gasteiger partial charge is 0.326 e. The Balaban J connectivity index is 2.25. The van der Waals surface area contributed by atoms with Gasteiger partial charge in [0.15, 0.2) is 0 Å². The number of aromatic amines is 1. The van der Waals surface area contributed by atoms with Crippen LogP contribution in [0.4, 0.5) is 0 Å². The van der Waals surface area contributed by atoms with Gasteiger partial charge in [-0.15, -0.1) is 0 Å². The maximum absolute atomic E-state index is 11.8. The van der Waals surface area contributed by atoms with E-state index in [4.69, 9.17) is 5.73 Å². The van der Waals surface area contributed by atoms with E-state index in [2.05, 4.69) is 15.1 Å². The lowest BCUT2D eigenvalue weighted by Gasteiger charge is -1.94. The summed E-state index contributed by atoms with van der Waals surface area (Å²) in [5.74, 6) is 1.76. The number of fused-ring (bicyclic) bond motifs is 1. The molecule has 2 heterocycles. The molecule has 3 N–H and O–H groups in total. The van der Waals surface area contributed by atoms with Gasteiger partial charge in [-0.25, -0.2) is 4.98 Å². The number of nitrogens with two attached hydrogens (primary N) is 1. The monoisotopic (exact) mass is 205 g/mol. The van der Waals surface area contributed by atoms with Gasteiger partial charge in [-0.05, 0) is 12.8 Å². The molecule has 2 aromatic rings. The fourth-order valence-corrected chi connectivity index (χ4v) is 1.59. The van der Waals surface area contributed by atoms with Crippen molar-refractivity contribution in [2.24, 2.45) is 5.73 Å². The van der Waals surface area contributed by atoms with Gasteiger partial charge in [-0.2, -0.15) is 9.50 Å². The average Bonchev–Trinajstić information content (AvgIpc) is 2.99. The molecule has 78 valence electrons. The van der Waals surface area contributed by atoms with E-state index in [1.54, 1.807) is 0 Å². The third-order valence-electron chi connectivity index (χ3n) is 2.64. The van der Waals surface area contributed by atoms with Crippen LogP contribution in [0.3, 0.4) is 0 Å². The summed E-state index contributed by atoms with van der Waals surface area (Å²) < 4.78 is 1.37. The molecule has 3 rings (SSSR count). The fourth-order valence-electron chi connectivity index (χ4n) is 1.59. The molecular weight excluding hydrogens is 194 g/mol. The molecule has 2 aromatic heterocycles. The molecule has 1 saturated carbocycles. The van der Waals surface area contributed by atoms with Crippen molar-refractivity contribution >= 4 is 5.78 Å². The third kappa shape index (κ3) is 1.25. The Morgan fingerprint density at radius 2 is 2.40 bits per heavy atom. The van der Waals surface area contributed by atoms with Crippen LogP contribution in [0.25, 0.3) is 5.78 Å². The summed E-state index contributed by atoms with van der Waals surface area (Å²) in [6, 6.07) is 0. The zero-order valence-electron chi connectivity index (χ0n) is 8.10. The van der Waals surface area contributed by atoms with E-state index in [0.29, 0.717) is 17.3 Å². The Kier molecular flexibility index (Phi) is 1.66. The van der Waals surface area contributed by atoms with Gasteiger partial charge in [0.05, 0.1) is 5.56 Å². The van der Waals surface area contributed by atoms with Gasteiger partial charge in [0, 0.05) is 18.7 Å². The summed E-state index contributed by atoms with van der Waals surface area (Å²) in [7, 11) is 0. The SMILES string of the molecule is NCc1cnc2nc(C3CC3)[nH]n2c1=O. The van der Waals surface area contributed by atoms with Crippen LogP contribution in [0.15, 0.2) is 11.0 Å². The Bertz CT molecular complexity index is 565. The highest BCUT2D eigenvalue weighted by molar-refractivity contribution is 5.29. The predicted molar refractivity (Wildman–Crippen MR) is 53.5 cm³/mol. The smallest absolute Gasteiger partial charge is 0.278 e. The number of nitrogens with zero attached hydrogens (tertiary/aromatic N) is 3. The summed E-state index contributed by atoms with van der Waals surface area (Å²) >= 11 is 0. The van der Waals surface area contributed by atoms with Gasteiger partial charge in [0.25, 0.3) is 11.3 Å². The summed E-state index contributed by atoms with van der Waals surface area (Å²) in [6.07, 6.45) is 3.77. The molecule has 0 amide bonds. The van der Waals surface area contributed by atoms with Crippen molar-refractivity contribution < 1.29 is 0 Å². The molecule has 6 nitrogen and oxygen atoms in total.